The molecule has 1 fully saturated rings. The SMILES string of the molecule is CC(C)[C@@](C)(C#N)NC(=O)CN1CCC[C@H](O)C1. The minimum absolute atomic E-state index is 0.0541. The molecular weight excluding hydrogens is 230 g/mol. The molecule has 1 heterocycles. The third-order valence-electron chi connectivity index (χ3n) is 3.63. The van der Waals surface area contributed by atoms with Gasteiger partial charge in [0.2, 0.25) is 5.91 Å². The van der Waals surface area contributed by atoms with Crippen LogP contribution >= 0.6 is 0 Å². The zero-order valence-electron chi connectivity index (χ0n) is 11.4. The van der Waals surface area contributed by atoms with E-state index in [0.717, 1.165) is 19.4 Å². The first-order valence-corrected chi connectivity index (χ1v) is 6.50. The van der Waals surface area contributed by atoms with Gasteiger partial charge in [0.05, 0.1) is 18.7 Å². The van der Waals surface area contributed by atoms with Crippen molar-refractivity contribution >= 4 is 5.91 Å². The van der Waals surface area contributed by atoms with E-state index < -0.39 is 5.54 Å². The van der Waals surface area contributed by atoms with E-state index in [1.807, 2.05) is 18.7 Å². The highest BCUT2D eigenvalue weighted by Gasteiger charge is 2.30. The number of piperidine rings is 1. The lowest BCUT2D eigenvalue weighted by Gasteiger charge is -2.32. The van der Waals surface area contributed by atoms with Gasteiger partial charge < -0.3 is 10.4 Å². The zero-order valence-corrected chi connectivity index (χ0v) is 11.4. The Balaban J connectivity index is 2.48. The number of β-amino-alcohol motifs (C(OH)–C–C–N with tert-alkyl or cyclic N) is 1. The Kier molecular flexibility index (Phi) is 5.12. The molecule has 1 aliphatic rings. The third kappa shape index (κ3) is 3.97. The van der Waals surface area contributed by atoms with E-state index in [0.29, 0.717) is 6.54 Å². The molecule has 2 atom stereocenters. The van der Waals surface area contributed by atoms with Crippen molar-refractivity contribution < 1.29 is 9.90 Å². The first kappa shape index (κ1) is 14.9. The normalized spacial score (nSPS) is 24.3. The summed E-state index contributed by atoms with van der Waals surface area (Å²) in [5.74, 6) is -0.0970. The molecule has 18 heavy (non-hydrogen) atoms. The molecule has 5 nitrogen and oxygen atoms in total. The van der Waals surface area contributed by atoms with Gasteiger partial charge in [-0.1, -0.05) is 13.8 Å². The number of aliphatic hydroxyl groups is 1. The molecule has 1 rings (SSSR count). The molecule has 0 aromatic carbocycles. The van der Waals surface area contributed by atoms with Gasteiger partial charge in [0, 0.05) is 6.54 Å². The van der Waals surface area contributed by atoms with Crippen LogP contribution < -0.4 is 5.32 Å². The highest BCUT2D eigenvalue weighted by molar-refractivity contribution is 5.79. The van der Waals surface area contributed by atoms with Crippen LogP contribution in [0.5, 0.6) is 0 Å². The summed E-state index contributed by atoms with van der Waals surface area (Å²) in [4.78, 5) is 13.8. The van der Waals surface area contributed by atoms with Crippen molar-refractivity contribution in [2.75, 3.05) is 19.6 Å². The number of hydrogen-bond donors (Lipinski definition) is 2. The Hall–Kier alpha value is -1.12. The van der Waals surface area contributed by atoms with Gasteiger partial charge >= 0.3 is 0 Å². The Morgan fingerprint density at radius 2 is 2.33 bits per heavy atom. The number of rotatable bonds is 4. The maximum Gasteiger partial charge on any atom is 0.235 e. The average molecular weight is 253 g/mol. The number of carbonyl (C=O) groups excluding carboxylic acids is 1. The maximum atomic E-state index is 11.9. The molecule has 0 spiro atoms. The van der Waals surface area contributed by atoms with Crippen LogP contribution in [-0.2, 0) is 4.79 Å². The van der Waals surface area contributed by atoms with Crippen LogP contribution in [0.3, 0.4) is 0 Å². The van der Waals surface area contributed by atoms with E-state index >= 15 is 0 Å². The van der Waals surface area contributed by atoms with Crippen LogP contribution in [0.15, 0.2) is 0 Å². The lowest BCUT2D eigenvalue weighted by atomic mass is 9.90. The average Bonchev–Trinajstić information content (AvgIpc) is 2.28. The standard InChI is InChI=1S/C13H23N3O2/c1-10(2)13(3,9-14)15-12(18)8-16-6-4-5-11(17)7-16/h10-11,17H,4-8H2,1-3H3,(H,15,18)/t11-,13+/m0/s1. The number of nitrogens with one attached hydrogen (secondary N) is 1. The molecule has 1 amide bonds. The van der Waals surface area contributed by atoms with Gasteiger partial charge in [-0.05, 0) is 32.2 Å². The Bertz CT molecular complexity index is 338. The van der Waals surface area contributed by atoms with Crippen molar-refractivity contribution in [1.29, 1.82) is 5.26 Å². The van der Waals surface area contributed by atoms with Gasteiger partial charge in [-0.3, -0.25) is 9.69 Å². The van der Waals surface area contributed by atoms with Gasteiger partial charge in [0.15, 0.2) is 0 Å². The summed E-state index contributed by atoms with van der Waals surface area (Å²) >= 11 is 0. The van der Waals surface area contributed by atoms with Crippen molar-refractivity contribution in [3.63, 3.8) is 0 Å². The minimum atomic E-state index is -0.828. The summed E-state index contributed by atoms with van der Waals surface area (Å²) in [6, 6.07) is 2.15. The van der Waals surface area contributed by atoms with Crippen molar-refractivity contribution in [2.24, 2.45) is 5.92 Å². The zero-order chi connectivity index (χ0) is 13.8. The molecule has 1 aliphatic heterocycles. The molecule has 2 N–H and O–H groups in total. The second kappa shape index (κ2) is 6.17. The van der Waals surface area contributed by atoms with Crippen molar-refractivity contribution in [2.45, 2.75) is 45.3 Å². The summed E-state index contributed by atoms with van der Waals surface area (Å²) in [6.07, 6.45) is 1.38. The molecule has 0 saturated carbocycles. The summed E-state index contributed by atoms with van der Waals surface area (Å²) < 4.78 is 0. The first-order valence-electron chi connectivity index (χ1n) is 6.50. The van der Waals surface area contributed by atoms with Gasteiger partial charge in [-0.2, -0.15) is 5.26 Å². The molecule has 0 aliphatic carbocycles. The largest absolute Gasteiger partial charge is 0.392 e. The highest BCUT2D eigenvalue weighted by atomic mass is 16.3. The molecule has 1 saturated heterocycles. The Labute approximate surface area is 109 Å². The van der Waals surface area contributed by atoms with E-state index in [9.17, 15) is 9.90 Å². The lowest BCUT2D eigenvalue weighted by Crippen LogP contribution is -2.53. The molecule has 0 aromatic heterocycles. The fourth-order valence-electron chi connectivity index (χ4n) is 2.01. The van der Waals surface area contributed by atoms with E-state index in [4.69, 9.17) is 5.26 Å². The van der Waals surface area contributed by atoms with Crippen LogP contribution in [0, 0.1) is 17.2 Å². The van der Waals surface area contributed by atoms with Crippen LogP contribution in [0.25, 0.3) is 0 Å². The van der Waals surface area contributed by atoms with Crippen LogP contribution in [0.1, 0.15) is 33.6 Å². The summed E-state index contributed by atoms with van der Waals surface area (Å²) in [5, 5.41) is 21.4. The fourth-order valence-corrected chi connectivity index (χ4v) is 2.01. The summed E-state index contributed by atoms with van der Waals surface area (Å²) in [6.45, 7) is 7.18. The van der Waals surface area contributed by atoms with Gasteiger partial charge in [-0.25, -0.2) is 0 Å². The molecule has 0 bridgehead atoms. The highest BCUT2D eigenvalue weighted by Crippen LogP contribution is 2.15. The van der Waals surface area contributed by atoms with Crippen molar-refractivity contribution in [3.05, 3.63) is 0 Å². The number of carbonyl (C=O) groups is 1. The van der Waals surface area contributed by atoms with E-state index in [1.165, 1.54) is 0 Å². The molecule has 5 heteroatoms. The van der Waals surface area contributed by atoms with Crippen molar-refractivity contribution in [1.82, 2.24) is 10.2 Å². The molecule has 0 unspecified atom stereocenters. The van der Waals surface area contributed by atoms with Gasteiger partial charge in [0.1, 0.15) is 5.54 Å². The number of aliphatic hydroxyl groups excluding tert-OH is 1. The first-order chi connectivity index (χ1) is 8.37. The predicted octanol–water partition coefficient (Wildman–Crippen LogP) is 0.498. The number of amides is 1. The summed E-state index contributed by atoms with van der Waals surface area (Å²) in [5.41, 5.74) is -0.828. The van der Waals surface area contributed by atoms with Crippen LogP contribution in [0.4, 0.5) is 0 Å². The van der Waals surface area contributed by atoms with E-state index in [1.54, 1.807) is 6.92 Å². The molecule has 102 valence electrons. The Morgan fingerprint density at radius 1 is 1.67 bits per heavy atom. The Morgan fingerprint density at radius 3 is 2.83 bits per heavy atom. The van der Waals surface area contributed by atoms with Crippen LogP contribution in [-0.4, -0.2) is 47.2 Å². The summed E-state index contributed by atoms with van der Waals surface area (Å²) in [7, 11) is 0. The smallest absolute Gasteiger partial charge is 0.235 e. The lowest BCUT2D eigenvalue weighted by molar-refractivity contribution is -0.124. The molecule has 0 radical (unpaired) electrons. The van der Waals surface area contributed by atoms with Crippen LogP contribution in [0.2, 0.25) is 0 Å². The molecule has 0 aromatic rings. The maximum absolute atomic E-state index is 11.9. The second-order valence-electron chi connectivity index (χ2n) is 5.55. The second-order valence-corrected chi connectivity index (χ2v) is 5.55. The minimum Gasteiger partial charge on any atom is -0.392 e. The molecular formula is C13H23N3O2. The third-order valence-corrected chi connectivity index (χ3v) is 3.63. The number of nitrogens with zero attached hydrogens (tertiary/aromatic N) is 2. The van der Waals surface area contributed by atoms with E-state index in [-0.39, 0.29) is 24.5 Å². The monoisotopic (exact) mass is 253 g/mol. The quantitative estimate of drug-likeness (QED) is 0.765. The number of likely N-dealkylation sites (tertiary alicyclic amines) is 1. The van der Waals surface area contributed by atoms with Gasteiger partial charge in [-0.15, -0.1) is 0 Å². The number of nitriles is 1. The van der Waals surface area contributed by atoms with Gasteiger partial charge in [0.25, 0.3) is 0 Å². The fraction of sp³-hybridized carbons (Fsp3) is 0.846. The van der Waals surface area contributed by atoms with E-state index in [2.05, 4.69) is 11.4 Å². The topological polar surface area (TPSA) is 76.4 Å². The van der Waals surface area contributed by atoms with Crippen molar-refractivity contribution in [3.8, 4) is 6.07 Å². The number of hydrogen-bond acceptors (Lipinski definition) is 4. The predicted molar refractivity (Wildman–Crippen MR) is 68.7 cm³/mol.